The summed E-state index contributed by atoms with van der Waals surface area (Å²) < 4.78 is 0. The number of nitrogens with zero attached hydrogens (tertiary/aromatic N) is 1. The Morgan fingerprint density at radius 2 is 1.48 bits per heavy atom. The molecule has 0 aromatic heterocycles. The van der Waals surface area contributed by atoms with Crippen LogP contribution in [-0.2, 0) is 6.54 Å². The molecule has 0 radical (unpaired) electrons. The van der Waals surface area contributed by atoms with Crippen molar-refractivity contribution in [3.63, 3.8) is 0 Å². The molecule has 0 aliphatic carbocycles. The van der Waals surface area contributed by atoms with E-state index in [1.54, 1.807) is 13.8 Å². The van der Waals surface area contributed by atoms with Gasteiger partial charge in [-0.1, -0.05) is 60.7 Å². The van der Waals surface area contributed by atoms with Crippen LogP contribution in [0.1, 0.15) is 37.4 Å². The van der Waals surface area contributed by atoms with E-state index in [-0.39, 0.29) is 6.04 Å². The van der Waals surface area contributed by atoms with E-state index in [9.17, 15) is 10.2 Å². The minimum absolute atomic E-state index is 0.0895. The fourth-order valence-corrected chi connectivity index (χ4v) is 3.39. The van der Waals surface area contributed by atoms with Crippen LogP contribution in [0.5, 0.6) is 0 Å². The lowest BCUT2D eigenvalue weighted by atomic mass is 9.75. The van der Waals surface area contributed by atoms with Crippen LogP contribution in [0.4, 0.5) is 0 Å². The maximum atomic E-state index is 10.7. The molecule has 2 aromatic rings. The molecule has 1 heterocycles. The summed E-state index contributed by atoms with van der Waals surface area (Å²) in [5, 5.41) is 21.5. The van der Waals surface area contributed by atoms with Gasteiger partial charge in [0, 0.05) is 19.1 Å². The fraction of sp³-hybridized carbons (Fsp3) is 0.400. The molecule has 0 spiro atoms. The Kier molecular flexibility index (Phi) is 4.28. The molecular formula is C20H25NO2. The summed E-state index contributed by atoms with van der Waals surface area (Å²) in [6.07, 6.45) is 0.511. The lowest BCUT2D eigenvalue weighted by molar-refractivity contribution is -0.187. The van der Waals surface area contributed by atoms with Gasteiger partial charge in [0.1, 0.15) is 5.60 Å². The molecule has 0 amide bonds. The molecule has 1 aliphatic rings. The highest BCUT2D eigenvalue weighted by Crippen LogP contribution is 2.42. The molecule has 3 heteroatoms. The number of hydrogen-bond donors (Lipinski definition) is 2. The van der Waals surface area contributed by atoms with Gasteiger partial charge in [-0.25, -0.2) is 0 Å². The predicted molar refractivity (Wildman–Crippen MR) is 91.9 cm³/mol. The van der Waals surface area contributed by atoms with Crippen molar-refractivity contribution in [1.82, 2.24) is 4.90 Å². The van der Waals surface area contributed by atoms with Crippen molar-refractivity contribution in [3.8, 4) is 0 Å². The number of piperidine rings is 1. The summed E-state index contributed by atoms with van der Waals surface area (Å²) in [6, 6.07) is 20.6. The van der Waals surface area contributed by atoms with Crippen LogP contribution in [0.2, 0.25) is 0 Å². The second-order valence-electron chi connectivity index (χ2n) is 7.07. The Morgan fingerprint density at radius 3 is 2.09 bits per heavy atom. The van der Waals surface area contributed by atoms with E-state index in [0.29, 0.717) is 13.0 Å². The van der Waals surface area contributed by atoms with Crippen molar-refractivity contribution in [2.24, 2.45) is 0 Å². The molecule has 122 valence electrons. The largest absolute Gasteiger partial charge is 0.387 e. The first-order chi connectivity index (χ1) is 10.9. The van der Waals surface area contributed by atoms with E-state index >= 15 is 0 Å². The first-order valence-corrected chi connectivity index (χ1v) is 8.17. The van der Waals surface area contributed by atoms with Crippen molar-refractivity contribution in [2.45, 2.75) is 44.1 Å². The number of hydrogen-bond acceptors (Lipinski definition) is 3. The number of aliphatic hydroxyl groups is 2. The Labute approximate surface area is 138 Å². The van der Waals surface area contributed by atoms with Crippen LogP contribution in [0, 0.1) is 0 Å². The van der Waals surface area contributed by atoms with Gasteiger partial charge >= 0.3 is 0 Å². The van der Waals surface area contributed by atoms with Gasteiger partial charge in [-0.2, -0.15) is 0 Å². The normalized spacial score (nSPS) is 31.9. The SMILES string of the molecule is C[C@]1(O)CN(Cc2ccccc2)[C@@H](c2ccccc2)C[C@@]1(C)O. The van der Waals surface area contributed by atoms with Crippen molar-refractivity contribution >= 4 is 0 Å². The van der Waals surface area contributed by atoms with Gasteiger partial charge in [0.2, 0.25) is 0 Å². The molecule has 0 saturated carbocycles. The van der Waals surface area contributed by atoms with Crippen LogP contribution >= 0.6 is 0 Å². The molecule has 0 bridgehead atoms. The quantitative estimate of drug-likeness (QED) is 0.915. The van der Waals surface area contributed by atoms with Crippen LogP contribution in [-0.4, -0.2) is 32.9 Å². The number of likely N-dealkylation sites (tertiary alicyclic amines) is 1. The fourth-order valence-electron chi connectivity index (χ4n) is 3.39. The van der Waals surface area contributed by atoms with Gasteiger partial charge in [0.15, 0.2) is 0 Å². The first-order valence-electron chi connectivity index (χ1n) is 8.17. The van der Waals surface area contributed by atoms with Gasteiger partial charge in [0.25, 0.3) is 0 Å². The summed E-state index contributed by atoms with van der Waals surface area (Å²) in [5.41, 5.74) is 0.151. The molecule has 2 N–H and O–H groups in total. The second-order valence-corrected chi connectivity index (χ2v) is 7.07. The van der Waals surface area contributed by atoms with Gasteiger partial charge < -0.3 is 10.2 Å². The van der Waals surface area contributed by atoms with Crippen LogP contribution in [0.3, 0.4) is 0 Å². The predicted octanol–water partition coefficient (Wildman–Crippen LogP) is 3.14. The highest BCUT2D eigenvalue weighted by Gasteiger charge is 2.50. The van der Waals surface area contributed by atoms with E-state index in [1.165, 1.54) is 11.1 Å². The summed E-state index contributed by atoms with van der Waals surface area (Å²) in [4.78, 5) is 2.27. The molecular weight excluding hydrogens is 286 g/mol. The number of benzene rings is 2. The highest BCUT2D eigenvalue weighted by molar-refractivity contribution is 5.23. The van der Waals surface area contributed by atoms with Crippen LogP contribution in [0.15, 0.2) is 60.7 Å². The smallest absolute Gasteiger partial charge is 0.103 e. The van der Waals surface area contributed by atoms with Crippen molar-refractivity contribution in [3.05, 3.63) is 71.8 Å². The zero-order valence-corrected chi connectivity index (χ0v) is 13.8. The first kappa shape index (κ1) is 16.2. The highest BCUT2D eigenvalue weighted by atomic mass is 16.4. The van der Waals surface area contributed by atoms with Crippen molar-refractivity contribution in [2.75, 3.05) is 6.54 Å². The van der Waals surface area contributed by atoms with E-state index in [2.05, 4.69) is 29.2 Å². The number of rotatable bonds is 3. The van der Waals surface area contributed by atoms with Crippen molar-refractivity contribution in [1.29, 1.82) is 0 Å². The van der Waals surface area contributed by atoms with Crippen LogP contribution in [0.25, 0.3) is 0 Å². The van der Waals surface area contributed by atoms with Crippen LogP contribution < -0.4 is 0 Å². The van der Waals surface area contributed by atoms with E-state index in [0.717, 1.165) is 6.54 Å². The Morgan fingerprint density at radius 1 is 0.913 bits per heavy atom. The monoisotopic (exact) mass is 311 g/mol. The van der Waals surface area contributed by atoms with E-state index < -0.39 is 11.2 Å². The van der Waals surface area contributed by atoms with Gasteiger partial charge in [-0.05, 0) is 31.4 Å². The standard InChI is InChI=1S/C20H25NO2/c1-19(22)13-18(17-11-7-4-8-12-17)21(15-20(19,2)23)14-16-9-5-3-6-10-16/h3-12,18,22-23H,13-15H2,1-2H3/t18-,19-,20+/m1/s1. The van der Waals surface area contributed by atoms with Gasteiger partial charge in [-0.3, -0.25) is 4.90 Å². The van der Waals surface area contributed by atoms with E-state index in [1.807, 2.05) is 36.4 Å². The lowest BCUT2D eigenvalue weighted by Gasteiger charge is -2.51. The molecule has 1 fully saturated rings. The molecule has 3 atom stereocenters. The molecule has 2 aromatic carbocycles. The minimum Gasteiger partial charge on any atom is -0.387 e. The summed E-state index contributed by atoms with van der Waals surface area (Å²) in [5.74, 6) is 0. The third-order valence-corrected chi connectivity index (χ3v) is 5.12. The molecule has 3 rings (SSSR count). The topological polar surface area (TPSA) is 43.7 Å². The maximum Gasteiger partial charge on any atom is 0.103 e. The number of β-amino-alcohol motifs (C(OH)–C–C–N with tert-alkyl or cyclic N) is 1. The van der Waals surface area contributed by atoms with Gasteiger partial charge in [-0.15, -0.1) is 0 Å². The Balaban J connectivity index is 1.92. The summed E-state index contributed by atoms with van der Waals surface area (Å²) >= 11 is 0. The summed E-state index contributed by atoms with van der Waals surface area (Å²) in [6.45, 7) is 4.66. The molecule has 0 unspecified atom stereocenters. The lowest BCUT2D eigenvalue weighted by Crippen LogP contribution is -2.62. The average Bonchev–Trinajstić information content (AvgIpc) is 2.52. The molecule has 3 nitrogen and oxygen atoms in total. The third-order valence-electron chi connectivity index (χ3n) is 5.12. The summed E-state index contributed by atoms with van der Waals surface area (Å²) in [7, 11) is 0. The van der Waals surface area contributed by atoms with Gasteiger partial charge in [0.05, 0.1) is 5.60 Å². The zero-order valence-electron chi connectivity index (χ0n) is 13.8. The zero-order chi connectivity index (χ0) is 16.5. The Hall–Kier alpha value is -1.68. The third kappa shape index (κ3) is 3.32. The molecule has 1 aliphatic heterocycles. The minimum atomic E-state index is -1.13. The molecule has 1 saturated heterocycles. The van der Waals surface area contributed by atoms with E-state index in [4.69, 9.17) is 0 Å². The molecule has 23 heavy (non-hydrogen) atoms. The maximum absolute atomic E-state index is 10.7. The average molecular weight is 311 g/mol. The van der Waals surface area contributed by atoms with Crippen molar-refractivity contribution < 1.29 is 10.2 Å². The second kappa shape index (κ2) is 6.08. The Bertz CT molecular complexity index is 637.